The van der Waals surface area contributed by atoms with E-state index in [-0.39, 0.29) is 5.69 Å². The van der Waals surface area contributed by atoms with E-state index in [0.29, 0.717) is 0 Å². The largest absolute Gasteiger partial charge is 0.357 e. The second-order valence-electron chi connectivity index (χ2n) is 6.72. The highest BCUT2D eigenvalue weighted by atomic mass is 16.6. The molecule has 4 aromatic rings. The van der Waals surface area contributed by atoms with Gasteiger partial charge in [-0.1, -0.05) is 60.7 Å². The maximum absolute atomic E-state index is 11.7. The molecule has 0 radical (unpaired) electrons. The number of nitro groups is 1. The number of aromatic nitrogens is 2. The van der Waals surface area contributed by atoms with Crippen LogP contribution >= 0.6 is 0 Å². The normalized spacial score (nSPS) is 11.5. The zero-order valence-corrected chi connectivity index (χ0v) is 16.1. The number of nitrogens with zero attached hydrogens (tertiary/aromatic N) is 2. The van der Waals surface area contributed by atoms with Gasteiger partial charge in [-0.15, -0.1) is 0 Å². The Hall–Kier alpha value is -4.59. The summed E-state index contributed by atoms with van der Waals surface area (Å²) in [6.45, 7) is 0. The molecule has 31 heavy (non-hydrogen) atoms. The molecular formula is C23H16N4O4. The molecule has 3 aromatic carbocycles. The molecule has 2 N–H and O–H groups in total. The number of rotatable bonds is 5. The molecule has 0 atom stereocenters. The van der Waals surface area contributed by atoms with Gasteiger partial charge < -0.3 is 4.98 Å². The lowest BCUT2D eigenvalue weighted by Gasteiger charge is -2.00. The summed E-state index contributed by atoms with van der Waals surface area (Å²) in [4.78, 5) is 41.9. The fraction of sp³-hybridized carbons (Fsp3) is 0. The van der Waals surface area contributed by atoms with Crippen molar-refractivity contribution in [2.45, 2.75) is 0 Å². The maximum atomic E-state index is 11.7. The van der Waals surface area contributed by atoms with Gasteiger partial charge in [0.05, 0.1) is 10.6 Å². The van der Waals surface area contributed by atoms with Gasteiger partial charge in [0, 0.05) is 6.21 Å². The van der Waals surface area contributed by atoms with Gasteiger partial charge >= 0.3 is 16.9 Å². The summed E-state index contributed by atoms with van der Waals surface area (Å²) in [5, 5.41) is 13.4. The van der Waals surface area contributed by atoms with Gasteiger partial charge in [-0.2, -0.15) is 0 Å². The van der Waals surface area contributed by atoms with Gasteiger partial charge in [0.15, 0.2) is 0 Å². The minimum atomic E-state index is -1.05. The molecule has 8 heteroatoms. The number of fused-ring (bicyclic) bond motifs is 1. The fourth-order valence-corrected chi connectivity index (χ4v) is 3.08. The molecule has 0 unspecified atom stereocenters. The summed E-state index contributed by atoms with van der Waals surface area (Å²) in [6.07, 6.45) is 4.64. The first kappa shape index (κ1) is 19.7. The lowest BCUT2D eigenvalue weighted by Crippen LogP contribution is -2.25. The Morgan fingerprint density at radius 3 is 2.29 bits per heavy atom. The van der Waals surface area contributed by atoms with Crippen LogP contribution in [0.4, 0.5) is 11.4 Å². The monoisotopic (exact) mass is 412 g/mol. The van der Waals surface area contributed by atoms with E-state index in [4.69, 9.17) is 0 Å². The summed E-state index contributed by atoms with van der Waals surface area (Å²) < 4.78 is 0. The van der Waals surface area contributed by atoms with Crippen LogP contribution in [0, 0.1) is 10.1 Å². The van der Waals surface area contributed by atoms with Crippen molar-refractivity contribution in [3.8, 4) is 0 Å². The molecule has 1 heterocycles. The van der Waals surface area contributed by atoms with E-state index in [0.717, 1.165) is 27.6 Å². The van der Waals surface area contributed by atoms with Crippen LogP contribution in [-0.2, 0) is 0 Å². The van der Waals surface area contributed by atoms with Crippen LogP contribution in [0.5, 0.6) is 0 Å². The minimum absolute atomic E-state index is 0.166. The van der Waals surface area contributed by atoms with Gasteiger partial charge in [0.2, 0.25) is 0 Å². The van der Waals surface area contributed by atoms with E-state index in [1.54, 1.807) is 24.4 Å². The van der Waals surface area contributed by atoms with E-state index in [2.05, 4.69) is 9.98 Å². The van der Waals surface area contributed by atoms with Crippen molar-refractivity contribution in [1.82, 2.24) is 9.97 Å². The number of aliphatic imine (C=N–C) groups is 1. The van der Waals surface area contributed by atoms with Crippen molar-refractivity contribution in [3.63, 3.8) is 0 Å². The van der Waals surface area contributed by atoms with Crippen molar-refractivity contribution in [3.05, 3.63) is 115 Å². The van der Waals surface area contributed by atoms with E-state index in [9.17, 15) is 19.7 Å². The average Bonchev–Trinajstić information content (AvgIpc) is 2.76. The molecule has 152 valence electrons. The molecule has 0 spiro atoms. The van der Waals surface area contributed by atoms with Gasteiger partial charge in [0.1, 0.15) is 5.69 Å². The molecule has 1 aromatic heterocycles. The van der Waals surface area contributed by atoms with E-state index in [1.165, 1.54) is 6.08 Å². The Kier molecular flexibility index (Phi) is 5.35. The van der Waals surface area contributed by atoms with Crippen molar-refractivity contribution in [1.29, 1.82) is 0 Å². The van der Waals surface area contributed by atoms with E-state index >= 15 is 0 Å². The van der Waals surface area contributed by atoms with Crippen molar-refractivity contribution in [2.75, 3.05) is 0 Å². The highest BCUT2D eigenvalue weighted by Crippen LogP contribution is 2.21. The third-order valence-corrected chi connectivity index (χ3v) is 4.60. The minimum Gasteiger partial charge on any atom is -0.301 e. The zero-order chi connectivity index (χ0) is 21.8. The number of hydrogen-bond donors (Lipinski definition) is 2. The summed E-state index contributed by atoms with van der Waals surface area (Å²) >= 11 is 0. The Morgan fingerprint density at radius 1 is 0.839 bits per heavy atom. The highest BCUT2D eigenvalue weighted by Gasteiger charge is 2.18. The van der Waals surface area contributed by atoms with Crippen molar-refractivity contribution >= 4 is 40.5 Å². The highest BCUT2D eigenvalue weighted by molar-refractivity contribution is 5.88. The Morgan fingerprint density at radius 2 is 1.55 bits per heavy atom. The van der Waals surface area contributed by atoms with E-state index in [1.807, 2.05) is 59.6 Å². The van der Waals surface area contributed by atoms with Crippen molar-refractivity contribution in [2.24, 2.45) is 4.99 Å². The first-order valence-corrected chi connectivity index (χ1v) is 9.31. The van der Waals surface area contributed by atoms with Crippen LogP contribution in [-0.4, -0.2) is 21.1 Å². The third kappa shape index (κ3) is 4.54. The van der Waals surface area contributed by atoms with Crippen LogP contribution in [0.1, 0.15) is 16.8 Å². The van der Waals surface area contributed by atoms with Crippen LogP contribution in [0.3, 0.4) is 0 Å². The number of benzene rings is 3. The summed E-state index contributed by atoms with van der Waals surface area (Å²) in [5.74, 6) is 0. The van der Waals surface area contributed by atoms with Crippen LogP contribution < -0.4 is 11.2 Å². The molecule has 0 saturated carbocycles. The second kappa shape index (κ2) is 8.42. The summed E-state index contributed by atoms with van der Waals surface area (Å²) in [6, 6.07) is 21.3. The molecule has 0 aliphatic rings. The summed E-state index contributed by atoms with van der Waals surface area (Å²) in [7, 11) is 0. The number of hydrogen-bond acceptors (Lipinski definition) is 5. The van der Waals surface area contributed by atoms with Gasteiger partial charge in [-0.05, 0) is 40.1 Å². The lowest BCUT2D eigenvalue weighted by molar-refractivity contribution is -0.386. The number of nitrogens with one attached hydrogen (secondary N) is 2. The fourth-order valence-electron chi connectivity index (χ4n) is 3.08. The van der Waals surface area contributed by atoms with Crippen LogP contribution in [0.2, 0.25) is 0 Å². The second-order valence-corrected chi connectivity index (χ2v) is 6.72. The van der Waals surface area contributed by atoms with Gasteiger partial charge in [0.25, 0.3) is 0 Å². The van der Waals surface area contributed by atoms with Gasteiger partial charge in [-0.25, -0.2) is 4.79 Å². The molecule has 0 aliphatic heterocycles. The average molecular weight is 412 g/mol. The number of H-pyrrole nitrogens is 2. The van der Waals surface area contributed by atoms with Crippen molar-refractivity contribution < 1.29 is 4.92 Å². The quantitative estimate of drug-likeness (QED) is 0.292. The topological polar surface area (TPSA) is 121 Å². The first-order chi connectivity index (χ1) is 15.0. The lowest BCUT2D eigenvalue weighted by atomic mass is 10.1. The first-order valence-electron chi connectivity index (χ1n) is 9.31. The Balaban J connectivity index is 1.53. The molecule has 0 amide bonds. The van der Waals surface area contributed by atoms with Gasteiger partial charge in [-0.3, -0.25) is 24.9 Å². The third-order valence-electron chi connectivity index (χ3n) is 4.60. The molecule has 4 rings (SSSR count). The molecule has 0 saturated heterocycles. The maximum Gasteiger partial charge on any atom is 0.357 e. The Labute approximate surface area is 175 Å². The zero-order valence-electron chi connectivity index (χ0n) is 16.1. The molecule has 0 bridgehead atoms. The smallest absolute Gasteiger partial charge is 0.301 e. The summed E-state index contributed by atoms with van der Waals surface area (Å²) in [5.41, 5.74) is -0.285. The molecule has 8 nitrogen and oxygen atoms in total. The Bertz CT molecular complexity index is 1450. The van der Waals surface area contributed by atoms with Crippen LogP contribution in [0.15, 0.2) is 81.3 Å². The standard InChI is InChI=1S/C23H16N4O4/c28-22-21(27(30)31)20(25-23(29)26-22)12-9-15-5-7-16(8-6-15)14-24-19-11-10-17-3-1-2-4-18(17)13-19/h1-14H,(H2,25,26,28,29)/b12-9+,24-14?. The predicted molar refractivity (Wildman–Crippen MR) is 121 cm³/mol. The number of aromatic amines is 2. The SMILES string of the molecule is O=c1[nH]c(/C=C/c2ccc(C=Nc3ccc4ccccc4c3)cc2)c([N+](=O)[O-])c(=O)[nH]1. The predicted octanol–water partition coefficient (Wildman–Crippen LogP) is 4.05. The van der Waals surface area contributed by atoms with Crippen LogP contribution in [0.25, 0.3) is 22.9 Å². The molecule has 0 aliphatic carbocycles. The molecular weight excluding hydrogens is 396 g/mol. The van der Waals surface area contributed by atoms with E-state index < -0.39 is 21.9 Å². The molecule has 0 fully saturated rings.